The van der Waals surface area contributed by atoms with Crippen LogP contribution in [0.25, 0.3) is 0 Å². The zero-order valence-corrected chi connectivity index (χ0v) is 13.8. The zero-order valence-electron chi connectivity index (χ0n) is 13.8. The van der Waals surface area contributed by atoms with E-state index >= 15 is 0 Å². The Labute approximate surface area is 137 Å². The molecule has 0 aliphatic carbocycles. The van der Waals surface area contributed by atoms with Crippen molar-refractivity contribution in [2.45, 2.75) is 38.9 Å². The zero-order chi connectivity index (χ0) is 16.9. The molecule has 1 aliphatic rings. The fourth-order valence-electron chi connectivity index (χ4n) is 2.98. The summed E-state index contributed by atoms with van der Waals surface area (Å²) in [5.41, 5.74) is 0.182. The number of benzene rings is 1. The first-order valence-electron chi connectivity index (χ1n) is 7.91. The molecule has 0 unspecified atom stereocenters. The Balaban J connectivity index is 2.53. The maximum Gasteiger partial charge on any atom is 0.208 e. The molecule has 1 saturated heterocycles. The largest absolute Gasteiger partial charge is 0.345 e. The summed E-state index contributed by atoms with van der Waals surface area (Å²) >= 11 is 0. The standard InChI is InChI=1S/C19H23NO3/c1-4-5-11-17(21)18(2,3)19(22-12-8-13-23-19)16-10-7-6-9-15(16)14-20/h4,6-7,9-10H,1,5,8,11-13H2,2-3H3. The molecule has 2 rings (SSSR count). The predicted molar refractivity (Wildman–Crippen MR) is 87.6 cm³/mol. The van der Waals surface area contributed by atoms with Crippen LogP contribution in [0, 0.1) is 16.7 Å². The molecule has 0 N–H and O–H groups in total. The summed E-state index contributed by atoms with van der Waals surface area (Å²) in [6.07, 6.45) is 3.48. The summed E-state index contributed by atoms with van der Waals surface area (Å²) in [7, 11) is 0. The molecule has 1 aromatic rings. The van der Waals surface area contributed by atoms with Crippen LogP contribution in [0.1, 0.15) is 44.2 Å². The van der Waals surface area contributed by atoms with Crippen molar-refractivity contribution in [3.8, 4) is 6.07 Å². The predicted octanol–water partition coefficient (Wildman–Crippen LogP) is 3.71. The molecule has 0 aromatic heterocycles. The summed E-state index contributed by atoms with van der Waals surface area (Å²) in [6.45, 7) is 8.33. The van der Waals surface area contributed by atoms with E-state index in [1.165, 1.54) is 0 Å². The number of nitrogens with zero attached hydrogens (tertiary/aromatic N) is 1. The van der Waals surface area contributed by atoms with E-state index in [9.17, 15) is 10.1 Å². The quantitative estimate of drug-likeness (QED) is 0.751. The fraction of sp³-hybridized carbons (Fsp3) is 0.474. The number of ether oxygens (including phenoxy) is 2. The minimum absolute atomic E-state index is 0.0343. The molecule has 1 heterocycles. The van der Waals surface area contributed by atoms with Gasteiger partial charge in [0, 0.05) is 12.0 Å². The SMILES string of the molecule is C=CCCC(=O)C(C)(C)C1(c2ccccc2C#N)OCCCO1. The molecular formula is C19H23NO3. The molecule has 4 nitrogen and oxygen atoms in total. The number of nitriles is 1. The number of Topliss-reactive ketones (excluding diaryl/α,β-unsaturated/α-hetero) is 1. The second-order valence-corrected chi connectivity index (χ2v) is 6.20. The van der Waals surface area contributed by atoms with Gasteiger partial charge in [-0.15, -0.1) is 6.58 Å². The molecule has 1 fully saturated rings. The number of hydrogen-bond acceptors (Lipinski definition) is 4. The highest BCUT2D eigenvalue weighted by molar-refractivity contribution is 5.85. The van der Waals surface area contributed by atoms with E-state index in [1.54, 1.807) is 18.2 Å². The molecule has 0 bridgehead atoms. The Morgan fingerprint density at radius 3 is 2.65 bits per heavy atom. The van der Waals surface area contributed by atoms with E-state index in [1.807, 2.05) is 26.0 Å². The van der Waals surface area contributed by atoms with E-state index in [0.29, 0.717) is 37.2 Å². The van der Waals surface area contributed by atoms with Gasteiger partial charge >= 0.3 is 0 Å². The van der Waals surface area contributed by atoms with Gasteiger partial charge in [0.25, 0.3) is 0 Å². The van der Waals surface area contributed by atoms with Crippen molar-refractivity contribution >= 4 is 5.78 Å². The molecule has 0 amide bonds. The van der Waals surface area contributed by atoms with Crippen LogP contribution in [-0.4, -0.2) is 19.0 Å². The maximum atomic E-state index is 12.8. The molecule has 0 saturated carbocycles. The topological polar surface area (TPSA) is 59.3 Å². The summed E-state index contributed by atoms with van der Waals surface area (Å²) in [5.74, 6) is -1.19. The normalized spacial score (nSPS) is 17.3. The Morgan fingerprint density at radius 1 is 1.39 bits per heavy atom. The van der Waals surface area contributed by atoms with Crippen LogP contribution in [0.5, 0.6) is 0 Å². The Hall–Kier alpha value is -1.96. The lowest BCUT2D eigenvalue weighted by molar-refractivity contribution is -0.320. The van der Waals surface area contributed by atoms with Crippen LogP contribution < -0.4 is 0 Å². The molecule has 0 spiro atoms. The van der Waals surface area contributed by atoms with Gasteiger partial charge in [-0.25, -0.2) is 0 Å². The summed E-state index contributed by atoms with van der Waals surface area (Å²) < 4.78 is 12.1. The lowest BCUT2D eigenvalue weighted by Gasteiger charge is -2.47. The van der Waals surface area contributed by atoms with Crippen molar-refractivity contribution in [3.05, 3.63) is 48.0 Å². The van der Waals surface area contributed by atoms with Crippen molar-refractivity contribution in [2.75, 3.05) is 13.2 Å². The smallest absolute Gasteiger partial charge is 0.208 e. The monoisotopic (exact) mass is 313 g/mol. The highest BCUT2D eigenvalue weighted by Gasteiger charge is 2.55. The van der Waals surface area contributed by atoms with E-state index in [2.05, 4.69) is 12.6 Å². The Bertz CT molecular complexity index is 622. The van der Waals surface area contributed by atoms with Crippen molar-refractivity contribution in [3.63, 3.8) is 0 Å². The molecule has 4 heteroatoms. The Kier molecular flexibility index (Phi) is 5.35. The summed E-state index contributed by atoms with van der Waals surface area (Å²) in [4.78, 5) is 12.8. The van der Waals surface area contributed by atoms with Crippen LogP contribution in [0.2, 0.25) is 0 Å². The van der Waals surface area contributed by atoms with Crippen LogP contribution in [0.15, 0.2) is 36.9 Å². The lowest BCUT2D eigenvalue weighted by Crippen LogP contribution is -2.53. The van der Waals surface area contributed by atoms with Gasteiger partial charge < -0.3 is 9.47 Å². The van der Waals surface area contributed by atoms with Crippen LogP contribution in [0.3, 0.4) is 0 Å². The average Bonchev–Trinajstić information content (AvgIpc) is 2.59. The van der Waals surface area contributed by atoms with Crippen molar-refractivity contribution < 1.29 is 14.3 Å². The molecule has 0 atom stereocenters. The summed E-state index contributed by atoms with van der Waals surface area (Å²) in [5, 5.41) is 9.45. The van der Waals surface area contributed by atoms with Gasteiger partial charge in [-0.05, 0) is 32.8 Å². The third-order valence-electron chi connectivity index (χ3n) is 4.40. The first-order valence-corrected chi connectivity index (χ1v) is 7.91. The van der Waals surface area contributed by atoms with Crippen molar-refractivity contribution in [1.29, 1.82) is 5.26 Å². The fourth-order valence-corrected chi connectivity index (χ4v) is 2.98. The molecular weight excluding hydrogens is 290 g/mol. The number of allylic oxidation sites excluding steroid dienone is 1. The summed E-state index contributed by atoms with van der Waals surface area (Å²) in [6, 6.07) is 9.35. The maximum absolute atomic E-state index is 12.8. The lowest BCUT2D eigenvalue weighted by atomic mass is 9.73. The number of hydrogen-bond donors (Lipinski definition) is 0. The minimum Gasteiger partial charge on any atom is -0.345 e. The van der Waals surface area contributed by atoms with E-state index in [4.69, 9.17) is 9.47 Å². The minimum atomic E-state index is -1.23. The van der Waals surface area contributed by atoms with Gasteiger partial charge in [0.2, 0.25) is 5.79 Å². The first kappa shape index (κ1) is 17.4. The average molecular weight is 313 g/mol. The van der Waals surface area contributed by atoms with Crippen LogP contribution in [0.4, 0.5) is 0 Å². The number of carbonyl (C=O) groups excluding carboxylic acids is 1. The molecule has 23 heavy (non-hydrogen) atoms. The second kappa shape index (κ2) is 7.08. The number of rotatable bonds is 6. The van der Waals surface area contributed by atoms with E-state index < -0.39 is 11.2 Å². The van der Waals surface area contributed by atoms with Crippen molar-refractivity contribution in [2.24, 2.45) is 5.41 Å². The van der Waals surface area contributed by atoms with Gasteiger partial charge in [0.15, 0.2) is 0 Å². The first-order chi connectivity index (χ1) is 11.0. The van der Waals surface area contributed by atoms with Gasteiger partial charge in [-0.2, -0.15) is 5.26 Å². The molecule has 122 valence electrons. The molecule has 0 radical (unpaired) electrons. The van der Waals surface area contributed by atoms with Gasteiger partial charge in [0.1, 0.15) is 5.78 Å². The van der Waals surface area contributed by atoms with E-state index in [-0.39, 0.29) is 5.78 Å². The molecule has 1 aliphatic heterocycles. The van der Waals surface area contributed by atoms with Crippen molar-refractivity contribution in [1.82, 2.24) is 0 Å². The van der Waals surface area contributed by atoms with E-state index in [0.717, 1.165) is 6.42 Å². The highest BCUT2D eigenvalue weighted by atomic mass is 16.7. The highest BCUT2D eigenvalue weighted by Crippen LogP contribution is 2.48. The second-order valence-electron chi connectivity index (χ2n) is 6.20. The molecule has 1 aromatic carbocycles. The number of ketones is 1. The van der Waals surface area contributed by atoms with Crippen LogP contribution in [-0.2, 0) is 20.1 Å². The Morgan fingerprint density at radius 2 is 2.04 bits per heavy atom. The van der Waals surface area contributed by atoms with Crippen LogP contribution >= 0.6 is 0 Å². The number of carbonyl (C=O) groups is 1. The van der Waals surface area contributed by atoms with Gasteiger partial charge in [0.05, 0.1) is 30.3 Å². The van der Waals surface area contributed by atoms with Gasteiger partial charge in [-0.1, -0.05) is 24.3 Å². The third kappa shape index (κ3) is 3.08. The third-order valence-corrected chi connectivity index (χ3v) is 4.40. The van der Waals surface area contributed by atoms with Gasteiger partial charge in [-0.3, -0.25) is 4.79 Å².